The van der Waals surface area contributed by atoms with Gasteiger partial charge in [-0.2, -0.15) is 18.3 Å². The van der Waals surface area contributed by atoms with Crippen molar-refractivity contribution >= 4 is 29.9 Å². The van der Waals surface area contributed by atoms with Gasteiger partial charge in [0.05, 0.1) is 18.8 Å². The predicted molar refractivity (Wildman–Crippen MR) is 126 cm³/mol. The maximum Gasteiger partial charge on any atom is 0.422 e. The largest absolute Gasteiger partial charge is 0.484 e. The average Bonchev–Trinajstić information content (AvgIpc) is 3.10. The van der Waals surface area contributed by atoms with Gasteiger partial charge in [0.2, 0.25) is 0 Å². The SMILES string of the molecule is CCNC(=NCc1ccc(OCC(F)(F)F)cc1)NCC(c1cnn(C)c1)N(C)C.I. The van der Waals surface area contributed by atoms with Gasteiger partial charge in [0, 0.05) is 31.9 Å². The number of nitrogens with one attached hydrogen (secondary N) is 2. The minimum absolute atomic E-state index is 0. The molecule has 0 saturated heterocycles. The number of likely N-dealkylation sites (N-methyl/N-ethyl adjacent to an activating group) is 1. The number of aromatic nitrogens is 2. The summed E-state index contributed by atoms with van der Waals surface area (Å²) >= 11 is 0. The molecule has 174 valence electrons. The summed E-state index contributed by atoms with van der Waals surface area (Å²) in [6.45, 7) is 2.40. The number of aliphatic imine (C=N–C) groups is 1. The molecule has 2 aromatic rings. The van der Waals surface area contributed by atoms with Crippen LogP contribution in [0.15, 0.2) is 41.7 Å². The van der Waals surface area contributed by atoms with Crippen molar-refractivity contribution in [1.29, 1.82) is 0 Å². The van der Waals surface area contributed by atoms with Gasteiger partial charge in [0.1, 0.15) is 5.75 Å². The van der Waals surface area contributed by atoms with Crippen LogP contribution in [0.4, 0.5) is 13.2 Å². The first kappa shape index (κ1) is 27.0. The van der Waals surface area contributed by atoms with Gasteiger partial charge in [-0.1, -0.05) is 12.1 Å². The maximum absolute atomic E-state index is 12.2. The number of ether oxygens (including phenoxy) is 1. The van der Waals surface area contributed by atoms with Crippen LogP contribution in [-0.2, 0) is 13.6 Å². The predicted octanol–water partition coefficient (Wildman–Crippen LogP) is 3.34. The second kappa shape index (κ2) is 12.7. The molecule has 7 nitrogen and oxygen atoms in total. The number of hydrogen-bond acceptors (Lipinski definition) is 4. The molecule has 0 aliphatic heterocycles. The van der Waals surface area contributed by atoms with E-state index >= 15 is 0 Å². The summed E-state index contributed by atoms with van der Waals surface area (Å²) in [6.07, 6.45) is -0.521. The monoisotopic (exact) mass is 554 g/mol. The van der Waals surface area contributed by atoms with Crippen molar-refractivity contribution in [3.63, 3.8) is 0 Å². The molecule has 0 aliphatic rings. The lowest BCUT2D eigenvalue weighted by Crippen LogP contribution is -2.41. The molecule has 2 N–H and O–H groups in total. The first-order valence-electron chi connectivity index (χ1n) is 9.63. The van der Waals surface area contributed by atoms with E-state index in [-0.39, 0.29) is 35.8 Å². The van der Waals surface area contributed by atoms with Crippen LogP contribution in [0, 0.1) is 0 Å². The van der Waals surface area contributed by atoms with Crippen LogP contribution in [0.1, 0.15) is 24.1 Å². The number of guanidine groups is 1. The van der Waals surface area contributed by atoms with Crippen molar-refractivity contribution in [2.24, 2.45) is 12.0 Å². The number of alkyl halides is 3. The third kappa shape index (κ3) is 9.76. The molecule has 1 heterocycles. The number of benzene rings is 1. The fourth-order valence-electron chi connectivity index (χ4n) is 2.77. The first-order valence-corrected chi connectivity index (χ1v) is 9.63. The summed E-state index contributed by atoms with van der Waals surface area (Å²) in [7, 11) is 5.90. The topological polar surface area (TPSA) is 66.7 Å². The van der Waals surface area contributed by atoms with E-state index in [0.29, 0.717) is 25.6 Å². The van der Waals surface area contributed by atoms with E-state index in [9.17, 15) is 13.2 Å². The van der Waals surface area contributed by atoms with Crippen molar-refractivity contribution < 1.29 is 17.9 Å². The third-order valence-corrected chi connectivity index (χ3v) is 4.29. The van der Waals surface area contributed by atoms with Gasteiger partial charge in [-0.25, -0.2) is 4.99 Å². The lowest BCUT2D eigenvalue weighted by molar-refractivity contribution is -0.153. The lowest BCUT2D eigenvalue weighted by atomic mass is 10.1. The summed E-state index contributed by atoms with van der Waals surface area (Å²) in [5, 5.41) is 10.8. The van der Waals surface area contributed by atoms with E-state index in [4.69, 9.17) is 4.74 Å². The van der Waals surface area contributed by atoms with E-state index in [2.05, 4.69) is 25.6 Å². The quantitative estimate of drug-likeness (QED) is 0.283. The number of aryl methyl sites for hydroxylation is 1. The van der Waals surface area contributed by atoms with Gasteiger partial charge >= 0.3 is 6.18 Å². The molecule has 0 radical (unpaired) electrons. The summed E-state index contributed by atoms with van der Waals surface area (Å²) in [6, 6.07) is 6.56. The van der Waals surface area contributed by atoms with Gasteiger partial charge in [-0.3, -0.25) is 4.68 Å². The van der Waals surface area contributed by atoms with E-state index in [1.165, 1.54) is 12.1 Å². The summed E-state index contributed by atoms with van der Waals surface area (Å²) < 4.78 is 43.2. The van der Waals surface area contributed by atoms with Crippen LogP contribution in [0.5, 0.6) is 5.75 Å². The Morgan fingerprint density at radius 1 is 1.23 bits per heavy atom. The highest BCUT2D eigenvalue weighted by atomic mass is 127. The normalized spacial score (nSPS) is 13.0. The van der Waals surface area contributed by atoms with Gasteiger partial charge in [-0.15, -0.1) is 24.0 Å². The molecular weight excluding hydrogens is 524 g/mol. The first-order chi connectivity index (χ1) is 14.2. The van der Waals surface area contributed by atoms with Gasteiger partial charge < -0.3 is 20.3 Å². The molecule has 1 unspecified atom stereocenters. The van der Waals surface area contributed by atoms with E-state index in [1.54, 1.807) is 16.8 Å². The molecule has 31 heavy (non-hydrogen) atoms. The molecule has 0 bridgehead atoms. The van der Waals surface area contributed by atoms with Crippen LogP contribution in [0.25, 0.3) is 0 Å². The zero-order valence-corrected chi connectivity index (χ0v) is 20.4. The van der Waals surface area contributed by atoms with E-state index in [0.717, 1.165) is 11.1 Å². The molecule has 1 aromatic heterocycles. The molecule has 2 rings (SSSR count). The van der Waals surface area contributed by atoms with Crippen molar-refractivity contribution in [3.05, 3.63) is 47.8 Å². The van der Waals surface area contributed by atoms with Crippen molar-refractivity contribution in [2.75, 3.05) is 33.8 Å². The third-order valence-electron chi connectivity index (χ3n) is 4.29. The van der Waals surface area contributed by atoms with E-state index in [1.807, 2.05) is 40.5 Å². The van der Waals surface area contributed by atoms with Crippen molar-refractivity contribution in [3.8, 4) is 5.75 Å². The molecule has 0 fully saturated rings. The Hall–Kier alpha value is -2.02. The van der Waals surface area contributed by atoms with Crippen LogP contribution in [0.2, 0.25) is 0 Å². The molecule has 0 saturated carbocycles. The molecule has 0 spiro atoms. The van der Waals surface area contributed by atoms with Crippen LogP contribution in [-0.4, -0.2) is 60.6 Å². The minimum Gasteiger partial charge on any atom is -0.484 e. The fourth-order valence-corrected chi connectivity index (χ4v) is 2.77. The van der Waals surface area contributed by atoms with Crippen molar-refractivity contribution in [1.82, 2.24) is 25.3 Å². The van der Waals surface area contributed by atoms with Gasteiger partial charge in [0.15, 0.2) is 12.6 Å². The molecular formula is C20H30F3IN6O. The number of halogens is 4. The molecule has 1 aromatic carbocycles. The van der Waals surface area contributed by atoms with Gasteiger partial charge in [0.25, 0.3) is 0 Å². The Morgan fingerprint density at radius 3 is 2.42 bits per heavy atom. The Balaban J connectivity index is 0.00000480. The highest BCUT2D eigenvalue weighted by molar-refractivity contribution is 14.0. The highest BCUT2D eigenvalue weighted by Gasteiger charge is 2.28. The number of hydrogen-bond donors (Lipinski definition) is 2. The summed E-state index contributed by atoms with van der Waals surface area (Å²) in [5.41, 5.74) is 1.96. The Labute approximate surface area is 198 Å². The Bertz CT molecular complexity index is 808. The molecule has 0 aliphatic carbocycles. The fraction of sp³-hybridized carbons (Fsp3) is 0.500. The second-order valence-electron chi connectivity index (χ2n) is 7.05. The molecule has 1 atom stereocenters. The van der Waals surface area contributed by atoms with Crippen LogP contribution >= 0.6 is 24.0 Å². The average molecular weight is 554 g/mol. The Morgan fingerprint density at radius 2 is 1.90 bits per heavy atom. The summed E-state index contributed by atoms with van der Waals surface area (Å²) in [4.78, 5) is 6.67. The standard InChI is InChI=1S/C20H29F3N6O.HI/c1-5-24-19(26-12-18(28(2)3)16-11-27-29(4)13-16)25-10-15-6-8-17(9-7-15)30-14-20(21,22)23;/h6-9,11,13,18H,5,10,12,14H2,1-4H3,(H2,24,25,26);1H. The van der Waals surface area contributed by atoms with Crippen molar-refractivity contribution in [2.45, 2.75) is 25.7 Å². The van der Waals surface area contributed by atoms with E-state index < -0.39 is 12.8 Å². The molecule has 11 heteroatoms. The smallest absolute Gasteiger partial charge is 0.422 e. The number of nitrogens with zero attached hydrogens (tertiary/aromatic N) is 4. The van der Waals surface area contributed by atoms with Crippen LogP contribution < -0.4 is 15.4 Å². The Kier molecular flexibility index (Phi) is 11.1. The van der Waals surface area contributed by atoms with Gasteiger partial charge in [-0.05, 0) is 38.7 Å². The molecule has 0 amide bonds. The zero-order chi connectivity index (χ0) is 22.1. The second-order valence-corrected chi connectivity index (χ2v) is 7.05. The maximum atomic E-state index is 12.2. The lowest BCUT2D eigenvalue weighted by Gasteiger charge is -2.24. The zero-order valence-electron chi connectivity index (χ0n) is 18.1. The van der Waals surface area contributed by atoms with Crippen LogP contribution in [0.3, 0.4) is 0 Å². The highest BCUT2D eigenvalue weighted by Crippen LogP contribution is 2.19. The number of rotatable bonds is 9. The summed E-state index contributed by atoms with van der Waals surface area (Å²) in [5.74, 6) is 0.834. The minimum atomic E-state index is -4.35.